The topological polar surface area (TPSA) is 0 Å². The van der Waals surface area contributed by atoms with Crippen LogP contribution in [-0.2, 0) is 25.7 Å². The van der Waals surface area contributed by atoms with Crippen LogP contribution < -0.4 is 0 Å². The van der Waals surface area contributed by atoms with Gasteiger partial charge in [0.15, 0.2) is 0 Å². The number of rotatable bonds is 25. The Hall–Kier alpha value is -0.780. The van der Waals surface area contributed by atoms with Gasteiger partial charge in [-0.1, -0.05) is 138 Å². The van der Waals surface area contributed by atoms with Crippen LogP contribution >= 0.6 is 0 Å². The first-order valence-electron chi connectivity index (χ1n) is 17.3. The van der Waals surface area contributed by atoms with Crippen LogP contribution in [0.1, 0.15) is 204 Å². The largest absolute Gasteiger partial charge is 0.0654 e. The lowest BCUT2D eigenvalue weighted by Crippen LogP contribution is -2.13. The SMILES string of the molecule is CCCCCc1cc(C(CCCCC)CCCCC)c(CCCCC)c(CCCCC)c1CCCCC. The molecule has 0 fully saturated rings. The van der Waals surface area contributed by atoms with E-state index in [1.165, 1.54) is 154 Å². The monoisotopic (exact) mass is 513 g/mol. The highest BCUT2D eigenvalue weighted by Gasteiger charge is 2.22. The van der Waals surface area contributed by atoms with Crippen molar-refractivity contribution in [2.45, 2.75) is 202 Å². The highest BCUT2D eigenvalue weighted by molar-refractivity contribution is 5.48. The molecule has 37 heavy (non-hydrogen) atoms. The van der Waals surface area contributed by atoms with Gasteiger partial charge in [-0.25, -0.2) is 0 Å². The molecule has 1 rings (SSSR count). The normalized spacial score (nSPS) is 11.6. The standard InChI is InChI=1S/C37H68/c1-7-13-19-25-32(26-20-14-8-2)37-31-33(27-21-15-9-3)34(28-22-16-10-4)35(29-23-17-11-5)36(37)30-24-18-12-6/h31-32H,7-30H2,1-6H3. The molecule has 0 radical (unpaired) electrons. The lowest BCUT2D eigenvalue weighted by molar-refractivity contribution is 0.501. The number of aryl methyl sites for hydroxylation is 1. The van der Waals surface area contributed by atoms with Gasteiger partial charge in [0.1, 0.15) is 0 Å². The van der Waals surface area contributed by atoms with E-state index < -0.39 is 0 Å². The quantitative estimate of drug-likeness (QED) is 0.114. The van der Waals surface area contributed by atoms with Gasteiger partial charge in [0, 0.05) is 0 Å². The van der Waals surface area contributed by atoms with Crippen LogP contribution in [-0.4, -0.2) is 0 Å². The summed E-state index contributed by atoms with van der Waals surface area (Å²) in [6, 6.07) is 2.81. The second kappa shape index (κ2) is 23.1. The second-order valence-corrected chi connectivity index (χ2v) is 12.1. The van der Waals surface area contributed by atoms with Gasteiger partial charge in [-0.05, 0) is 97.9 Å². The molecule has 0 unspecified atom stereocenters. The molecule has 0 bridgehead atoms. The van der Waals surface area contributed by atoms with E-state index >= 15 is 0 Å². The van der Waals surface area contributed by atoms with Gasteiger partial charge >= 0.3 is 0 Å². The molecule has 0 heteroatoms. The van der Waals surface area contributed by atoms with Crippen LogP contribution in [0.15, 0.2) is 6.07 Å². The maximum atomic E-state index is 2.81. The maximum Gasteiger partial charge on any atom is -0.0159 e. The first kappa shape index (κ1) is 34.2. The van der Waals surface area contributed by atoms with Gasteiger partial charge in [-0.3, -0.25) is 0 Å². The lowest BCUT2D eigenvalue weighted by Gasteiger charge is -2.28. The van der Waals surface area contributed by atoms with Crippen molar-refractivity contribution in [3.63, 3.8) is 0 Å². The summed E-state index contributed by atoms with van der Waals surface area (Å²) in [4.78, 5) is 0. The lowest BCUT2D eigenvalue weighted by atomic mass is 9.77. The van der Waals surface area contributed by atoms with Crippen LogP contribution in [0.4, 0.5) is 0 Å². The Morgan fingerprint density at radius 2 is 0.784 bits per heavy atom. The third kappa shape index (κ3) is 13.7. The fourth-order valence-corrected chi connectivity index (χ4v) is 6.37. The minimum Gasteiger partial charge on any atom is -0.0654 e. The Labute approximate surface area is 235 Å². The predicted octanol–water partition coefficient (Wildman–Crippen LogP) is 12.9. The molecule has 0 amide bonds. The van der Waals surface area contributed by atoms with Crippen molar-refractivity contribution in [2.24, 2.45) is 0 Å². The molecule has 0 aromatic heterocycles. The molecule has 0 heterocycles. The van der Waals surface area contributed by atoms with Crippen molar-refractivity contribution in [1.82, 2.24) is 0 Å². The van der Waals surface area contributed by atoms with E-state index in [4.69, 9.17) is 0 Å². The van der Waals surface area contributed by atoms with Crippen molar-refractivity contribution in [3.8, 4) is 0 Å². The molecule has 1 aromatic carbocycles. The zero-order valence-electron chi connectivity index (χ0n) is 26.6. The van der Waals surface area contributed by atoms with Crippen LogP contribution in [0.25, 0.3) is 0 Å². The van der Waals surface area contributed by atoms with E-state index in [0.717, 1.165) is 5.92 Å². The Balaban J connectivity index is 3.64. The Kier molecular flexibility index (Phi) is 21.4. The molecule has 0 saturated heterocycles. The summed E-state index contributed by atoms with van der Waals surface area (Å²) in [6.45, 7) is 14.2. The molecule has 1 aromatic rings. The molecular formula is C37H68. The summed E-state index contributed by atoms with van der Waals surface area (Å²) < 4.78 is 0. The highest BCUT2D eigenvalue weighted by Crippen LogP contribution is 2.38. The average Bonchev–Trinajstić information content (AvgIpc) is 2.90. The van der Waals surface area contributed by atoms with Gasteiger partial charge in [-0.15, -0.1) is 0 Å². The molecule has 0 nitrogen and oxygen atoms in total. The summed E-state index contributed by atoms with van der Waals surface area (Å²) in [5, 5.41) is 0. The summed E-state index contributed by atoms with van der Waals surface area (Å²) in [6.07, 6.45) is 32.8. The second-order valence-electron chi connectivity index (χ2n) is 12.1. The van der Waals surface area contributed by atoms with E-state index in [1.54, 1.807) is 5.56 Å². The van der Waals surface area contributed by atoms with E-state index in [2.05, 4.69) is 47.6 Å². The first-order chi connectivity index (χ1) is 18.2. The van der Waals surface area contributed by atoms with E-state index in [-0.39, 0.29) is 0 Å². The van der Waals surface area contributed by atoms with Gasteiger partial charge in [-0.2, -0.15) is 0 Å². The minimum atomic E-state index is 0.786. The van der Waals surface area contributed by atoms with E-state index in [9.17, 15) is 0 Å². The summed E-state index contributed by atoms with van der Waals surface area (Å²) in [5.41, 5.74) is 9.09. The van der Waals surface area contributed by atoms with E-state index in [0.29, 0.717) is 0 Å². The van der Waals surface area contributed by atoms with Crippen molar-refractivity contribution in [1.29, 1.82) is 0 Å². The summed E-state index contributed by atoms with van der Waals surface area (Å²) >= 11 is 0. The van der Waals surface area contributed by atoms with Gasteiger partial charge in [0.05, 0.1) is 0 Å². The molecule has 0 N–H and O–H groups in total. The first-order valence-corrected chi connectivity index (χ1v) is 17.3. The molecule has 0 atom stereocenters. The third-order valence-electron chi connectivity index (χ3n) is 8.69. The fraction of sp³-hybridized carbons (Fsp3) is 0.838. The van der Waals surface area contributed by atoms with E-state index in [1.807, 2.05) is 22.3 Å². The fourth-order valence-electron chi connectivity index (χ4n) is 6.37. The zero-order valence-corrected chi connectivity index (χ0v) is 26.6. The molecule has 0 aliphatic rings. The number of benzene rings is 1. The third-order valence-corrected chi connectivity index (χ3v) is 8.69. The minimum absolute atomic E-state index is 0.786. The average molecular weight is 513 g/mol. The van der Waals surface area contributed by atoms with Crippen LogP contribution in [0.5, 0.6) is 0 Å². The van der Waals surface area contributed by atoms with Gasteiger partial charge in [0.2, 0.25) is 0 Å². The molecule has 0 aliphatic carbocycles. The van der Waals surface area contributed by atoms with Gasteiger partial charge < -0.3 is 0 Å². The highest BCUT2D eigenvalue weighted by atomic mass is 14.3. The van der Waals surface area contributed by atoms with Crippen molar-refractivity contribution in [2.75, 3.05) is 0 Å². The van der Waals surface area contributed by atoms with Gasteiger partial charge in [0.25, 0.3) is 0 Å². The molecule has 0 saturated carbocycles. The number of hydrogen-bond acceptors (Lipinski definition) is 0. The molecular weight excluding hydrogens is 444 g/mol. The zero-order chi connectivity index (χ0) is 27.1. The molecule has 216 valence electrons. The Morgan fingerprint density at radius 1 is 0.405 bits per heavy atom. The van der Waals surface area contributed by atoms with Crippen LogP contribution in [0, 0.1) is 0 Å². The van der Waals surface area contributed by atoms with Crippen LogP contribution in [0.2, 0.25) is 0 Å². The van der Waals surface area contributed by atoms with Crippen molar-refractivity contribution in [3.05, 3.63) is 33.9 Å². The molecule has 0 spiro atoms. The molecule has 0 aliphatic heterocycles. The number of hydrogen-bond donors (Lipinski definition) is 0. The summed E-state index contributed by atoms with van der Waals surface area (Å²) in [7, 11) is 0. The van der Waals surface area contributed by atoms with Crippen LogP contribution in [0.3, 0.4) is 0 Å². The smallest absolute Gasteiger partial charge is 0.0159 e. The number of unbranched alkanes of at least 4 members (excludes halogenated alkanes) is 12. The van der Waals surface area contributed by atoms with Crippen molar-refractivity contribution < 1.29 is 0 Å². The Bertz CT molecular complexity index is 644. The Morgan fingerprint density at radius 3 is 1.24 bits per heavy atom. The van der Waals surface area contributed by atoms with Crippen molar-refractivity contribution >= 4 is 0 Å². The maximum absolute atomic E-state index is 2.81. The predicted molar refractivity (Wildman–Crippen MR) is 170 cm³/mol. The summed E-state index contributed by atoms with van der Waals surface area (Å²) in [5.74, 6) is 0.786.